The molecule has 3 rings (SSSR count). The van der Waals surface area contributed by atoms with Crippen molar-refractivity contribution in [3.8, 4) is 0 Å². The molecule has 0 saturated carbocycles. The zero-order chi connectivity index (χ0) is 14.8. The van der Waals surface area contributed by atoms with Crippen LogP contribution >= 0.6 is 0 Å². The SMILES string of the molecule is CCN1CCC(CNc2cc3c(cc2N)CC(=O)N3)CC1. The molecule has 5 nitrogen and oxygen atoms in total. The van der Waals surface area contributed by atoms with E-state index in [0.717, 1.165) is 35.7 Å². The van der Waals surface area contributed by atoms with Gasteiger partial charge in [0.1, 0.15) is 0 Å². The second kappa shape index (κ2) is 5.93. The van der Waals surface area contributed by atoms with Gasteiger partial charge in [-0.3, -0.25) is 4.79 Å². The number of nitrogen functional groups attached to an aromatic ring is 1. The molecule has 4 N–H and O–H groups in total. The second-order valence-electron chi connectivity index (χ2n) is 6.08. The lowest BCUT2D eigenvalue weighted by atomic mass is 9.96. The zero-order valence-corrected chi connectivity index (χ0v) is 12.6. The third kappa shape index (κ3) is 3.13. The first-order valence-corrected chi connectivity index (χ1v) is 7.84. The molecule has 0 radical (unpaired) electrons. The Balaban J connectivity index is 1.59. The predicted octanol–water partition coefficient (Wildman–Crippen LogP) is 1.91. The van der Waals surface area contributed by atoms with Gasteiger partial charge in [-0.05, 0) is 56.1 Å². The number of anilines is 3. The van der Waals surface area contributed by atoms with Gasteiger partial charge < -0.3 is 21.3 Å². The van der Waals surface area contributed by atoms with Crippen LogP contribution in [0.15, 0.2) is 12.1 Å². The van der Waals surface area contributed by atoms with Crippen molar-refractivity contribution in [1.29, 1.82) is 0 Å². The predicted molar refractivity (Wildman–Crippen MR) is 86.5 cm³/mol. The fourth-order valence-electron chi connectivity index (χ4n) is 3.21. The van der Waals surface area contributed by atoms with E-state index in [1.807, 2.05) is 12.1 Å². The summed E-state index contributed by atoms with van der Waals surface area (Å²) in [7, 11) is 0. The molecule has 5 heteroatoms. The minimum atomic E-state index is 0.0495. The highest BCUT2D eigenvalue weighted by Crippen LogP contribution is 2.32. The Hall–Kier alpha value is -1.75. The number of nitrogens with zero attached hydrogens (tertiary/aromatic N) is 1. The maximum Gasteiger partial charge on any atom is 0.228 e. The highest BCUT2D eigenvalue weighted by Gasteiger charge is 2.21. The normalized spacial score (nSPS) is 19.4. The Labute approximate surface area is 125 Å². The monoisotopic (exact) mass is 288 g/mol. The largest absolute Gasteiger partial charge is 0.397 e. The molecule has 0 aromatic heterocycles. The van der Waals surface area contributed by atoms with Crippen LogP contribution in [0.1, 0.15) is 25.3 Å². The first-order valence-electron chi connectivity index (χ1n) is 7.84. The van der Waals surface area contributed by atoms with Crippen LogP contribution in [-0.2, 0) is 11.2 Å². The van der Waals surface area contributed by atoms with E-state index in [1.54, 1.807) is 0 Å². The van der Waals surface area contributed by atoms with E-state index in [1.165, 1.54) is 25.9 Å². The van der Waals surface area contributed by atoms with Gasteiger partial charge in [0.2, 0.25) is 5.91 Å². The molecule has 0 aliphatic carbocycles. The molecule has 0 bridgehead atoms. The number of carbonyl (C=O) groups is 1. The molecule has 1 fully saturated rings. The molecule has 114 valence electrons. The molecule has 0 spiro atoms. The van der Waals surface area contributed by atoms with Crippen LogP contribution in [0.5, 0.6) is 0 Å². The molecule has 1 aromatic rings. The van der Waals surface area contributed by atoms with Crippen molar-refractivity contribution in [2.24, 2.45) is 5.92 Å². The summed E-state index contributed by atoms with van der Waals surface area (Å²) >= 11 is 0. The van der Waals surface area contributed by atoms with E-state index in [9.17, 15) is 4.79 Å². The molecule has 0 unspecified atom stereocenters. The van der Waals surface area contributed by atoms with Gasteiger partial charge in [0, 0.05) is 12.2 Å². The summed E-state index contributed by atoms with van der Waals surface area (Å²) in [6, 6.07) is 3.88. The third-order valence-electron chi connectivity index (χ3n) is 4.64. The first-order chi connectivity index (χ1) is 10.2. The standard InChI is InChI=1S/C16H24N4O/c1-2-20-5-3-11(4-6-20)10-18-15-9-14-12(7-13(15)17)8-16(21)19-14/h7,9,11,18H,2-6,8,10,17H2,1H3,(H,19,21). The van der Waals surface area contributed by atoms with Crippen molar-refractivity contribution >= 4 is 23.0 Å². The highest BCUT2D eigenvalue weighted by atomic mass is 16.1. The van der Waals surface area contributed by atoms with E-state index in [0.29, 0.717) is 12.3 Å². The molecule has 21 heavy (non-hydrogen) atoms. The summed E-state index contributed by atoms with van der Waals surface area (Å²) in [6.45, 7) is 6.71. The number of benzene rings is 1. The Bertz CT molecular complexity index is 535. The summed E-state index contributed by atoms with van der Waals surface area (Å²) in [5, 5.41) is 6.34. The van der Waals surface area contributed by atoms with Crippen LogP contribution in [-0.4, -0.2) is 37.0 Å². The van der Waals surface area contributed by atoms with E-state index >= 15 is 0 Å². The number of piperidine rings is 1. The molecule has 2 heterocycles. The molecular weight excluding hydrogens is 264 g/mol. The van der Waals surface area contributed by atoms with Crippen molar-refractivity contribution < 1.29 is 4.79 Å². The summed E-state index contributed by atoms with van der Waals surface area (Å²) in [5.41, 5.74) is 9.66. The van der Waals surface area contributed by atoms with Gasteiger partial charge in [-0.1, -0.05) is 6.92 Å². The van der Waals surface area contributed by atoms with Crippen molar-refractivity contribution in [3.05, 3.63) is 17.7 Å². The van der Waals surface area contributed by atoms with E-state index in [4.69, 9.17) is 5.73 Å². The Kier molecular flexibility index (Phi) is 4.01. The van der Waals surface area contributed by atoms with Gasteiger partial charge in [0.25, 0.3) is 0 Å². The van der Waals surface area contributed by atoms with Gasteiger partial charge in [-0.25, -0.2) is 0 Å². The molecular formula is C16H24N4O. The number of amides is 1. The highest BCUT2D eigenvalue weighted by molar-refractivity contribution is 6.00. The van der Waals surface area contributed by atoms with Crippen LogP contribution in [0, 0.1) is 5.92 Å². The van der Waals surface area contributed by atoms with Crippen LogP contribution in [0.2, 0.25) is 0 Å². The fourth-order valence-corrected chi connectivity index (χ4v) is 3.21. The molecule has 1 aromatic carbocycles. The first kappa shape index (κ1) is 14.2. The van der Waals surface area contributed by atoms with Gasteiger partial charge in [0.15, 0.2) is 0 Å². The van der Waals surface area contributed by atoms with Crippen LogP contribution in [0.3, 0.4) is 0 Å². The molecule has 2 aliphatic rings. The maximum absolute atomic E-state index is 11.4. The minimum absolute atomic E-state index is 0.0495. The molecule has 0 atom stereocenters. The summed E-state index contributed by atoms with van der Waals surface area (Å²) in [4.78, 5) is 13.9. The zero-order valence-electron chi connectivity index (χ0n) is 12.6. The lowest BCUT2D eigenvalue weighted by Crippen LogP contribution is -2.35. The lowest BCUT2D eigenvalue weighted by Gasteiger charge is -2.31. The van der Waals surface area contributed by atoms with E-state index in [-0.39, 0.29) is 5.91 Å². The van der Waals surface area contributed by atoms with Crippen LogP contribution in [0.4, 0.5) is 17.1 Å². The van der Waals surface area contributed by atoms with Gasteiger partial charge >= 0.3 is 0 Å². The Morgan fingerprint density at radius 1 is 1.38 bits per heavy atom. The fraction of sp³-hybridized carbons (Fsp3) is 0.562. The summed E-state index contributed by atoms with van der Waals surface area (Å²) < 4.78 is 0. The van der Waals surface area contributed by atoms with Gasteiger partial charge in [-0.2, -0.15) is 0 Å². The number of nitrogens with two attached hydrogens (primary N) is 1. The minimum Gasteiger partial charge on any atom is -0.397 e. The Morgan fingerprint density at radius 3 is 2.86 bits per heavy atom. The number of hydrogen-bond acceptors (Lipinski definition) is 4. The number of carbonyl (C=O) groups excluding carboxylic acids is 1. The number of hydrogen-bond donors (Lipinski definition) is 3. The summed E-state index contributed by atoms with van der Waals surface area (Å²) in [5.74, 6) is 0.753. The quantitative estimate of drug-likeness (QED) is 0.740. The van der Waals surface area contributed by atoms with Crippen LogP contribution in [0.25, 0.3) is 0 Å². The lowest BCUT2D eigenvalue weighted by molar-refractivity contribution is -0.115. The average Bonchev–Trinajstić information content (AvgIpc) is 2.84. The number of fused-ring (bicyclic) bond motifs is 1. The average molecular weight is 288 g/mol. The molecule has 1 saturated heterocycles. The van der Waals surface area contributed by atoms with Crippen molar-refractivity contribution in [2.75, 3.05) is 42.5 Å². The topological polar surface area (TPSA) is 70.4 Å². The van der Waals surface area contributed by atoms with Gasteiger partial charge in [0.05, 0.1) is 17.8 Å². The smallest absolute Gasteiger partial charge is 0.228 e. The number of rotatable bonds is 4. The number of nitrogens with one attached hydrogen (secondary N) is 2. The third-order valence-corrected chi connectivity index (χ3v) is 4.64. The molecule has 1 amide bonds. The Morgan fingerprint density at radius 2 is 2.14 bits per heavy atom. The summed E-state index contributed by atoms with van der Waals surface area (Å²) in [6.07, 6.45) is 2.92. The maximum atomic E-state index is 11.4. The van der Waals surface area contributed by atoms with Crippen molar-refractivity contribution in [1.82, 2.24) is 4.90 Å². The van der Waals surface area contributed by atoms with Crippen molar-refractivity contribution in [3.63, 3.8) is 0 Å². The van der Waals surface area contributed by atoms with Crippen LogP contribution < -0.4 is 16.4 Å². The number of likely N-dealkylation sites (tertiary alicyclic amines) is 1. The van der Waals surface area contributed by atoms with Crippen molar-refractivity contribution in [2.45, 2.75) is 26.2 Å². The van der Waals surface area contributed by atoms with E-state index in [2.05, 4.69) is 22.5 Å². The van der Waals surface area contributed by atoms with Gasteiger partial charge in [-0.15, -0.1) is 0 Å². The van der Waals surface area contributed by atoms with E-state index < -0.39 is 0 Å². The second-order valence-corrected chi connectivity index (χ2v) is 6.08. The molecule has 2 aliphatic heterocycles.